The molecule has 0 amide bonds. The summed E-state index contributed by atoms with van der Waals surface area (Å²) in [5, 5.41) is 2.15. The number of ether oxygens (including phenoxy) is 1. The zero-order valence-electron chi connectivity index (χ0n) is 36.6. The quantitative estimate of drug-likeness (QED) is 0.142. The number of para-hydroxylation sites is 3. The fraction of sp³-hybridized carbons (Fsp3) is 0.280. The second-order valence-corrected chi connectivity index (χ2v) is 16.7. The summed E-state index contributed by atoms with van der Waals surface area (Å²) in [6, 6.07) is 40.3. The Kier molecular flexibility index (Phi) is 9.67. The van der Waals surface area contributed by atoms with Gasteiger partial charge in [-0.2, -0.15) is 12.7 Å². The number of hydrogen-bond acceptors (Lipinski definition) is 4. The molecule has 2 aromatic heterocycles. The first-order valence-electron chi connectivity index (χ1n) is 20.9. The Labute approximate surface area is 351 Å². The molecule has 5 aromatic carbocycles. The largest absolute Gasteiger partial charge is 0.509 e. The summed E-state index contributed by atoms with van der Waals surface area (Å²) in [5.74, 6) is 2.97. The zero-order valence-corrected chi connectivity index (χ0v) is 35.9. The van der Waals surface area contributed by atoms with Gasteiger partial charge in [-0.15, -0.1) is 47.0 Å². The van der Waals surface area contributed by atoms with Gasteiger partial charge in [0.1, 0.15) is 5.82 Å². The number of pyridine rings is 1. The summed E-state index contributed by atoms with van der Waals surface area (Å²) in [5.41, 5.74) is 11.2. The minimum Gasteiger partial charge on any atom is -0.509 e. The van der Waals surface area contributed by atoms with Gasteiger partial charge in [-0.3, -0.25) is 0 Å². The monoisotopic (exact) mass is 921 g/mol. The second-order valence-electron chi connectivity index (χ2n) is 16.7. The van der Waals surface area contributed by atoms with E-state index in [1.165, 1.54) is 27.2 Å². The third-order valence-corrected chi connectivity index (χ3v) is 10.8. The number of rotatable bonds is 8. The molecule has 290 valence electrons. The van der Waals surface area contributed by atoms with Crippen molar-refractivity contribution in [3.8, 4) is 28.4 Å². The number of benzene rings is 5. The molecule has 6 heteroatoms. The van der Waals surface area contributed by atoms with Crippen LogP contribution in [0.4, 0.5) is 17.1 Å². The van der Waals surface area contributed by atoms with Crippen molar-refractivity contribution in [1.82, 2.24) is 9.55 Å². The molecule has 0 saturated heterocycles. The Morgan fingerprint density at radius 1 is 0.732 bits per heavy atom. The fourth-order valence-electron chi connectivity index (χ4n) is 7.73. The van der Waals surface area contributed by atoms with Crippen molar-refractivity contribution in [2.45, 2.75) is 85.5 Å². The van der Waals surface area contributed by atoms with Gasteiger partial charge in [-0.05, 0) is 93.7 Å². The van der Waals surface area contributed by atoms with Gasteiger partial charge in [0.2, 0.25) is 0 Å². The van der Waals surface area contributed by atoms with Crippen LogP contribution in [0.25, 0.3) is 38.8 Å². The van der Waals surface area contributed by atoms with E-state index in [1.807, 2.05) is 47.5 Å². The Bertz CT molecular complexity index is 2640. The Morgan fingerprint density at radius 2 is 1.43 bits per heavy atom. The van der Waals surface area contributed by atoms with E-state index in [4.69, 9.17) is 13.8 Å². The third-order valence-electron chi connectivity index (χ3n) is 10.8. The van der Waals surface area contributed by atoms with E-state index >= 15 is 0 Å². The topological polar surface area (TPSA) is 33.5 Å². The van der Waals surface area contributed by atoms with Crippen molar-refractivity contribution in [2.75, 3.05) is 16.8 Å². The van der Waals surface area contributed by atoms with E-state index in [2.05, 4.69) is 140 Å². The molecule has 7 aromatic rings. The molecule has 0 N–H and O–H groups in total. The van der Waals surface area contributed by atoms with Crippen LogP contribution in [-0.4, -0.2) is 16.5 Å². The molecule has 0 fully saturated rings. The maximum atomic E-state index is 8.22. The third kappa shape index (κ3) is 7.16. The molecular formula is C50H51N4OPt-3. The normalized spacial score (nSPS) is 14.0. The molecule has 1 aliphatic rings. The van der Waals surface area contributed by atoms with Crippen molar-refractivity contribution in [2.24, 2.45) is 0 Å². The Hall–Kier alpha value is -4.86. The Morgan fingerprint density at radius 3 is 2.11 bits per heavy atom. The maximum Gasteiger partial charge on any atom is 0.136 e. The van der Waals surface area contributed by atoms with Gasteiger partial charge in [-0.25, -0.2) is 4.98 Å². The first-order chi connectivity index (χ1) is 27.5. The number of hydrogen-bond donors (Lipinski definition) is 0. The SMILES string of the molecule is [2H]C([2H])([2H])N1[CH-]N(c2[c-]c(Oc3[c-]c4c(cc3)c3ccccc3n4-c3cc(-c4c(C(C)C)cc(C(C)C)cc4C(C)C)ccn3)cc(C(C)(C)C)c2)c2ccccc21.[Pt]. The van der Waals surface area contributed by atoms with Crippen LogP contribution in [-0.2, 0) is 26.5 Å². The maximum absolute atomic E-state index is 8.22. The van der Waals surface area contributed by atoms with E-state index in [1.54, 1.807) is 6.67 Å². The molecule has 0 unspecified atom stereocenters. The molecule has 0 atom stereocenters. The summed E-state index contributed by atoms with van der Waals surface area (Å²) < 4.78 is 33.5. The molecule has 3 heterocycles. The number of anilines is 3. The standard InChI is InChI=1S/C50H51N4O.Pt/c1-31(2)35-23-42(32(3)4)49(43(24-35)33(5)6)34-21-22-51-48(25-34)54-44-16-12-11-15-40(44)41-20-19-38(29-47(41)54)55-39-27-36(50(7,8)9)26-37(28-39)53-30-52(10)45-17-13-14-18-46(45)53;/h11-27,30-33H,1-10H3;/q-3;/i10D3;. The zero-order chi connectivity index (χ0) is 41.3. The minimum atomic E-state index is -2.35. The van der Waals surface area contributed by atoms with Gasteiger partial charge in [0.15, 0.2) is 0 Å². The average molecular weight is 922 g/mol. The van der Waals surface area contributed by atoms with Crippen LogP contribution in [0.2, 0.25) is 0 Å². The van der Waals surface area contributed by atoms with E-state index in [-0.39, 0.29) is 26.5 Å². The van der Waals surface area contributed by atoms with Gasteiger partial charge in [-0.1, -0.05) is 110 Å². The molecular weight excluding hydrogens is 868 g/mol. The first-order valence-corrected chi connectivity index (χ1v) is 19.4. The molecule has 0 radical (unpaired) electrons. The van der Waals surface area contributed by atoms with Crippen LogP contribution in [0.5, 0.6) is 11.5 Å². The van der Waals surface area contributed by atoms with Gasteiger partial charge < -0.3 is 19.1 Å². The molecule has 56 heavy (non-hydrogen) atoms. The van der Waals surface area contributed by atoms with E-state index in [0.717, 1.165) is 44.4 Å². The van der Waals surface area contributed by atoms with Gasteiger partial charge >= 0.3 is 0 Å². The molecule has 0 aliphatic carbocycles. The van der Waals surface area contributed by atoms with Crippen molar-refractivity contribution in [3.05, 3.63) is 144 Å². The predicted octanol–water partition coefficient (Wildman–Crippen LogP) is 13.6. The van der Waals surface area contributed by atoms with E-state index in [9.17, 15) is 0 Å². The number of aromatic nitrogens is 2. The number of nitrogens with zero attached hydrogens (tertiary/aromatic N) is 4. The summed E-state index contributed by atoms with van der Waals surface area (Å²) in [6.45, 7) is 19.4. The minimum absolute atomic E-state index is 0. The van der Waals surface area contributed by atoms with Gasteiger partial charge in [0.05, 0.1) is 0 Å². The molecule has 0 saturated carbocycles. The summed E-state index contributed by atoms with van der Waals surface area (Å²) in [6.07, 6.45) is 1.92. The Balaban J connectivity index is 0.00000528. The fourth-order valence-corrected chi connectivity index (χ4v) is 7.73. The predicted molar refractivity (Wildman–Crippen MR) is 230 cm³/mol. The summed E-state index contributed by atoms with van der Waals surface area (Å²) >= 11 is 0. The van der Waals surface area contributed by atoms with Crippen LogP contribution in [0.15, 0.2) is 103 Å². The van der Waals surface area contributed by atoms with Crippen molar-refractivity contribution >= 4 is 38.9 Å². The smallest absolute Gasteiger partial charge is 0.136 e. The van der Waals surface area contributed by atoms with Gasteiger partial charge in [0, 0.05) is 59.8 Å². The molecule has 0 bridgehead atoms. The molecule has 5 nitrogen and oxygen atoms in total. The van der Waals surface area contributed by atoms with Crippen LogP contribution in [0.3, 0.4) is 0 Å². The van der Waals surface area contributed by atoms with Crippen molar-refractivity contribution in [3.63, 3.8) is 0 Å². The van der Waals surface area contributed by atoms with Crippen LogP contribution >= 0.6 is 0 Å². The van der Waals surface area contributed by atoms with Crippen molar-refractivity contribution < 1.29 is 29.9 Å². The summed E-state index contributed by atoms with van der Waals surface area (Å²) in [7, 11) is 0. The molecule has 0 spiro atoms. The second kappa shape index (κ2) is 15.2. The van der Waals surface area contributed by atoms with Crippen molar-refractivity contribution in [1.29, 1.82) is 0 Å². The van der Waals surface area contributed by atoms with E-state index < -0.39 is 6.98 Å². The number of fused-ring (bicyclic) bond motifs is 4. The van der Waals surface area contributed by atoms with Crippen LogP contribution in [0.1, 0.15) is 106 Å². The van der Waals surface area contributed by atoms with Crippen LogP contribution in [0, 0.1) is 18.8 Å². The van der Waals surface area contributed by atoms with Crippen LogP contribution < -0.4 is 14.5 Å². The van der Waals surface area contributed by atoms with Gasteiger partial charge in [0.25, 0.3) is 0 Å². The first kappa shape index (κ1) is 35.5. The summed E-state index contributed by atoms with van der Waals surface area (Å²) in [4.78, 5) is 8.20. The average Bonchev–Trinajstić information content (AvgIpc) is 3.73. The molecule has 1 aliphatic heterocycles. The van der Waals surface area contributed by atoms with E-state index in [0.29, 0.717) is 40.6 Å². The molecule has 8 rings (SSSR count).